The van der Waals surface area contributed by atoms with Crippen molar-refractivity contribution in [3.63, 3.8) is 0 Å². The van der Waals surface area contributed by atoms with E-state index in [2.05, 4.69) is 53.1 Å². The van der Waals surface area contributed by atoms with Crippen molar-refractivity contribution in [1.82, 2.24) is 14.9 Å². The highest BCUT2D eigenvalue weighted by Gasteiger charge is 2.13. The number of nitriles is 1. The van der Waals surface area contributed by atoms with Crippen molar-refractivity contribution >= 4 is 15.9 Å². The second-order valence-electron chi connectivity index (χ2n) is 5.63. The molecule has 0 radical (unpaired) electrons. The summed E-state index contributed by atoms with van der Waals surface area (Å²) >= 11 is 3.45. The van der Waals surface area contributed by atoms with E-state index in [1.54, 1.807) is 12.4 Å². The van der Waals surface area contributed by atoms with E-state index in [1.807, 2.05) is 22.9 Å². The lowest BCUT2D eigenvalue weighted by atomic mass is 10.1. The zero-order chi connectivity index (χ0) is 14.8. The third kappa shape index (κ3) is 3.47. The van der Waals surface area contributed by atoms with Crippen LogP contribution in [0.5, 0.6) is 0 Å². The number of benzene rings is 1. The molecule has 104 valence electrons. The molecule has 0 spiro atoms. The smallest absolute Gasteiger partial charge is 0.101 e. The Kier molecular flexibility index (Phi) is 4.26. The molecule has 2 aromatic rings. The number of halogens is 1. The highest BCUT2D eigenvalue weighted by Crippen LogP contribution is 2.21. The monoisotopic (exact) mass is 332 g/mol. The molecule has 0 aliphatic rings. The molecule has 0 saturated carbocycles. The van der Waals surface area contributed by atoms with Crippen molar-refractivity contribution in [3.05, 3.63) is 46.5 Å². The molecule has 2 rings (SSSR count). The predicted molar refractivity (Wildman–Crippen MR) is 82.6 cm³/mol. The van der Waals surface area contributed by atoms with Crippen molar-refractivity contribution in [1.29, 1.82) is 5.26 Å². The van der Waals surface area contributed by atoms with E-state index >= 15 is 0 Å². The van der Waals surface area contributed by atoms with E-state index in [1.165, 1.54) is 0 Å². The lowest BCUT2D eigenvalue weighted by molar-refractivity contribution is 0.419. The van der Waals surface area contributed by atoms with Gasteiger partial charge in [0, 0.05) is 22.8 Å². The van der Waals surface area contributed by atoms with Gasteiger partial charge < -0.3 is 9.88 Å². The molecule has 20 heavy (non-hydrogen) atoms. The van der Waals surface area contributed by atoms with Crippen molar-refractivity contribution in [2.24, 2.45) is 0 Å². The molecule has 0 aliphatic carbocycles. The summed E-state index contributed by atoms with van der Waals surface area (Å²) in [6.45, 7) is 7.05. The predicted octanol–water partition coefficient (Wildman–Crippen LogP) is 3.39. The minimum atomic E-state index is 0.0322. The van der Waals surface area contributed by atoms with Gasteiger partial charge in [0.1, 0.15) is 6.07 Å². The Labute approximate surface area is 127 Å². The lowest BCUT2D eigenvalue weighted by Gasteiger charge is -2.21. The zero-order valence-electron chi connectivity index (χ0n) is 11.8. The van der Waals surface area contributed by atoms with E-state index in [0.717, 1.165) is 15.9 Å². The summed E-state index contributed by atoms with van der Waals surface area (Å²) in [6, 6.07) is 7.83. The van der Waals surface area contributed by atoms with Crippen molar-refractivity contribution in [2.75, 3.05) is 0 Å². The Bertz CT molecular complexity index is 647. The van der Waals surface area contributed by atoms with Crippen LogP contribution in [0, 0.1) is 11.3 Å². The van der Waals surface area contributed by atoms with Gasteiger partial charge in [0.25, 0.3) is 0 Å². The average Bonchev–Trinajstić information content (AvgIpc) is 2.83. The third-order valence-electron chi connectivity index (χ3n) is 2.85. The maximum atomic E-state index is 9.24. The van der Waals surface area contributed by atoms with Gasteiger partial charge in [-0.25, -0.2) is 4.98 Å². The average molecular weight is 333 g/mol. The second kappa shape index (κ2) is 5.78. The molecule has 1 aromatic heterocycles. The van der Waals surface area contributed by atoms with Crippen LogP contribution in [0.15, 0.2) is 35.2 Å². The Morgan fingerprint density at radius 1 is 1.40 bits per heavy atom. The fraction of sp³-hybridized carbons (Fsp3) is 0.333. The molecule has 1 heterocycles. The normalized spacial score (nSPS) is 11.3. The van der Waals surface area contributed by atoms with Gasteiger partial charge in [0.2, 0.25) is 0 Å². The van der Waals surface area contributed by atoms with E-state index in [-0.39, 0.29) is 5.54 Å². The van der Waals surface area contributed by atoms with Crippen LogP contribution < -0.4 is 5.32 Å². The molecule has 4 nitrogen and oxygen atoms in total. The van der Waals surface area contributed by atoms with Crippen LogP contribution in [-0.2, 0) is 6.54 Å². The maximum Gasteiger partial charge on any atom is 0.101 e. The van der Waals surface area contributed by atoms with E-state index in [4.69, 9.17) is 0 Å². The van der Waals surface area contributed by atoms with Gasteiger partial charge in [-0.15, -0.1) is 0 Å². The summed E-state index contributed by atoms with van der Waals surface area (Å²) in [5.74, 6) is 0. The van der Waals surface area contributed by atoms with Gasteiger partial charge in [0.15, 0.2) is 0 Å². The quantitative estimate of drug-likeness (QED) is 0.937. The number of rotatable bonds is 3. The molecule has 0 aliphatic heterocycles. The summed E-state index contributed by atoms with van der Waals surface area (Å²) in [7, 11) is 0. The first-order valence-corrected chi connectivity index (χ1v) is 7.16. The van der Waals surface area contributed by atoms with Gasteiger partial charge in [-0.05, 0) is 39.0 Å². The molecule has 0 unspecified atom stereocenters. The number of imidazole rings is 1. The molecule has 0 amide bonds. The van der Waals surface area contributed by atoms with Crippen molar-refractivity contribution < 1.29 is 0 Å². The second-order valence-corrected chi connectivity index (χ2v) is 6.55. The van der Waals surface area contributed by atoms with Crippen LogP contribution in [0.4, 0.5) is 0 Å². The molecular weight excluding hydrogens is 316 g/mol. The van der Waals surface area contributed by atoms with Gasteiger partial charge in [-0.3, -0.25) is 0 Å². The third-order valence-corrected chi connectivity index (χ3v) is 3.35. The summed E-state index contributed by atoms with van der Waals surface area (Å²) < 4.78 is 2.89. The lowest BCUT2D eigenvalue weighted by Crippen LogP contribution is -2.35. The molecule has 1 aromatic carbocycles. The van der Waals surface area contributed by atoms with E-state index in [0.29, 0.717) is 12.1 Å². The molecule has 0 bridgehead atoms. The van der Waals surface area contributed by atoms with Crippen LogP contribution >= 0.6 is 15.9 Å². The van der Waals surface area contributed by atoms with Crippen LogP contribution in [0.2, 0.25) is 0 Å². The number of hydrogen-bond donors (Lipinski definition) is 1. The van der Waals surface area contributed by atoms with Gasteiger partial charge in [-0.2, -0.15) is 5.26 Å². The molecular formula is C15H17BrN4. The Hall–Kier alpha value is -1.64. The van der Waals surface area contributed by atoms with Gasteiger partial charge in [-0.1, -0.05) is 15.9 Å². The maximum absolute atomic E-state index is 9.24. The topological polar surface area (TPSA) is 53.6 Å². The van der Waals surface area contributed by atoms with Crippen LogP contribution in [0.1, 0.15) is 32.0 Å². The summed E-state index contributed by atoms with van der Waals surface area (Å²) in [5.41, 5.74) is 2.52. The molecule has 5 heteroatoms. The fourth-order valence-corrected chi connectivity index (χ4v) is 2.17. The molecule has 0 fully saturated rings. The largest absolute Gasteiger partial charge is 0.306 e. The zero-order valence-corrected chi connectivity index (χ0v) is 13.4. The standard InChI is InChI=1S/C15H17BrN4/c1-15(2,3)19-9-13-8-18-10-20(13)14-6-12(16)5-4-11(14)7-17/h4-6,8,10,19H,9H2,1-3H3. The summed E-state index contributed by atoms with van der Waals surface area (Å²) in [4.78, 5) is 4.20. The van der Waals surface area contributed by atoms with Gasteiger partial charge >= 0.3 is 0 Å². The first-order valence-electron chi connectivity index (χ1n) is 6.37. The van der Waals surface area contributed by atoms with Gasteiger partial charge in [0.05, 0.1) is 23.3 Å². The summed E-state index contributed by atoms with van der Waals surface area (Å²) in [5, 5.41) is 12.7. The van der Waals surface area contributed by atoms with Crippen molar-refractivity contribution in [2.45, 2.75) is 32.9 Å². The highest BCUT2D eigenvalue weighted by molar-refractivity contribution is 9.10. The van der Waals surface area contributed by atoms with Crippen LogP contribution in [0.25, 0.3) is 5.69 Å². The van der Waals surface area contributed by atoms with Crippen molar-refractivity contribution in [3.8, 4) is 11.8 Å². The number of nitrogens with one attached hydrogen (secondary N) is 1. The SMILES string of the molecule is CC(C)(C)NCc1cncn1-c1cc(Br)ccc1C#N. The van der Waals surface area contributed by atoms with E-state index < -0.39 is 0 Å². The minimum absolute atomic E-state index is 0.0322. The molecule has 0 saturated heterocycles. The minimum Gasteiger partial charge on any atom is -0.306 e. The Morgan fingerprint density at radius 2 is 2.15 bits per heavy atom. The number of hydrogen-bond acceptors (Lipinski definition) is 3. The molecule has 1 N–H and O–H groups in total. The Balaban J connectivity index is 2.38. The highest BCUT2D eigenvalue weighted by atomic mass is 79.9. The fourth-order valence-electron chi connectivity index (χ4n) is 1.82. The first-order chi connectivity index (χ1) is 9.40. The van der Waals surface area contributed by atoms with E-state index in [9.17, 15) is 5.26 Å². The first kappa shape index (κ1) is 14.8. The molecule has 0 atom stereocenters. The number of nitrogens with zero attached hydrogens (tertiary/aromatic N) is 3. The van der Waals surface area contributed by atoms with Crippen LogP contribution in [0.3, 0.4) is 0 Å². The van der Waals surface area contributed by atoms with Crippen LogP contribution in [-0.4, -0.2) is 15.1 Å². The Morgan fingerprint density at radius 3 is 2.80 bits per heavy atom. The summed E-state index contributed by atoms with van der Waals surface area (Å²) in [6.07, 6.45) is 3.56. The number of aromatic nitrogens is 2.